The van der Waals surface area contributed by atoms with Gasteiger partial charge in [0.25, 0.3) is 0 Å². The fourth-order valence-corrected chi connectivity index (χ4v) is 1.75. The first-order valence-electron chi connectivity index (χ1n) is 5.18. The summed E-state index contributed by atoms with van der Waals surface area (Å²) in [5.74, 6) is -0.160. The number of hydrogen-bond acceptors (Lipinski definition) is 4. The van der Waals surface area contributed by atoms with E-state index in [4.69, 9.17) is 0 Å². The van der Waals surface area contributed by atoms with Gasteiger partial charge in [-0.2, -0.15) is 0 Å². The van der Waals surface area contributed by atoms with Gasteiger partial charge in [0.05, 0.1) is 11.6 Å². The number of esters is 1. The van der Waals surface area contributed by atoms with E-state index in [1.165, 1.54) is 7.11 Å². The van der Waals surface area contributed by atoms with Gasteiger partial charge in [-0.1, -0.05) is 12.1 Å². The van der Waals surface area contributed by atoms with Gasteiger partial charge in [0.2, 0.25) is 0 Å². The summed E-state index contributed by atoms with van der Waals surface area (Å²) in [7, 11) is 1.35. The average molecular weight is 302 g/mol. The maximum Gasteiger partial charge on any atom is 0.325 e. The van der Waals surface area contributed by atoms with Crippen molar-refractivity contribution in [1.82, 2.24) is 5.32 Å². The van der Waals surface area contributed by atoms with Crippen LogP contribution in [0.2, 0.25) is 0 Å². The van der Waals surface area contributed by atoms with E-state index in [9.17, 15) is 9.90 Å². The lowest BCUT2D eigenvalue weighted by atomic mass is 10.1. The van der Waals surface area contributed by atoms with Crippen molar-refractivity contribution in [2.45, 2.75) is 25.9 Å². The summed E-state index contributed by atoms with van der Waals surface area (Å²) in [5, 5.41) is 12.8. The Morgan fingerprint density at radius 2 is 2.18 bits per heavy atom. The molecular weight excluding hydrogens is 286 g/mol. The van der Waals surface area contributed by atoms with Crippen LogP contribution >= 0.6 is 15.9 Å². The number of halogens is 1. The number of phenolic OH excluding ortho intramolecular Hbond substituents is 1. The van der Waals surface area contributed by atoms with E-state index in [1.807, 2.05) is 6.07 Å². The minimum atomic E-state index is -0.788. The number of carbonyl (C=O) groups is 1. The molecule has 1 aromatic rings. The third kappa shape index (κ3) is 3.44. The molecular formula is C12H16BrNO3. The standard InChI is InChI=1S/C12H16BrNO3/c1-12(2,11(16)17-3)14-7-8-5-4-6-9(13)10(8)15/h4-6,14-15H,7H2,1-3H3. The molecule has 0 unspecified atom stereocenters. The quantitative estimate of drug-likeness (QED) is 0.837. The van der Waals surface area contributed by atoms with Crippen LogP contribution in [-0.4, -0.2) is 23.7 Å². The van der Waals surface area contributed by atoms with E-state index in [1.54, 1.807) is 26.0 Å². The van der Waals surface area contributed by atoms with Crippen LogP contribution in [0.5, 0.6) is 5.75 Å². The fraction of sp³-hybridized carbons (Fsp3) is 0.417. The molecule has 5 heteroatoms. The van der Waals surface area contributed by atoms with E-state index >= 15 is 0 Å². The third-order valence-electron chi connectivity index (χ3n) is 2.49. The van der Waals surface area contributed by atoms with Gasteiger partial charge in [-0.3, -0.25) is 10.1 Å². The molecule has 0 amide bonds. The van der Waals surface area contributed by atoms with E-state index < -0.39 is 5.54 Å². The molecule has 0 saturated heterocycles. The molecule has 0 aliphatic rings. The zero-order valence-electron chi connectivity index (χ0n) is 10.1. The normalized spacial score (nSPS) is 11.3. The number of hydrogen-bond donors (Lipinski definition) is 2. The van der Waals surface area contributed by atoms with Crippen LogP contribution in [0, 0.1) is 0 Å². The van der Waals surface area contributed by atoms with E-state index in [0.717, 1.165) is 5.56 Å². The second kappa shape index (κ2) is 5.51. The fourth-order valence-electron chi connectivity index (χ4n) is 1.35. The minimum absolute atomic E-state index is 0.181. The molecule has 0 radical (unpaired) electrons. The molecule has 17 heavy (non-hydrogen) atoms. The number of carbonyl (C=O) groups excluding carboxylic acids is 1. The smallest absolute Gasteiger partial charge is 0.325 e. The Morgan fingerprint density at radius 3 is 2.76 bits per heavy atom. The molecule has 1 rings (SSSR count). The van der Waals surface area contributed by atoms with Gasteiger partial charge in [0.1, 0.15) is 11.3 Å². The first-order chi connectivity index (χ1) is 7.88. The summed E-state index contributed by atoms with van der Waals surface area (Å²) in [4.78, 5) is 11.5. The van der Waals surface area contributed by atoms with Crippen molar-refractivity contribution in [2.75, 3.05) is 7.11 Å². The summed E-state index contributed by atoms with van der Waals surface area (Å²) < 4.78 is 5.32. The number of rotatable bonds is 4. The lowest BCUT2D eigenvalue weighted by Gasteiger charge is -2.23. The molecule has 94 valence electrons. The number of methoxy groups -OCH3 is 1. The van der Waals surface area contributed by atoms with E-state index in [-0.39, 0.29) is 11.7 Å². The summed E-state index contributed by atoms with van der Waals surface area (Å²) in [6, 6.07) is 5.37. The summed E-state index contributed by atoms with van der Waals surface area (Å²) in [6.07, 6.45) is 0. The van der Waals surface area contributed by atoms with Crippen molar-refractivity contribution in [2.24, 2.45) is 0 Å². The van der Waals surface area contributed by atoms with Crippen molar-refractivity contribution >= 4 is 21.9 Å². The van der Waals surface area contributed by atoms with Crippen LogP contribution in [0.25, 0.3) is 0 Å². The SMILES string of the molecule is COC(=O)C(C)(C)NCc1cccc(Br)c1O. The Labute approximate surface area is 109 Å². The van der Waals surface area contributed by atoms with Gasteiger partial charge in [0, 0.05) is 12.1 Å². The zero-order chi connectivity index (χ0) is 13.1. The summed E-state index contributed by atoms with van der Waals surface area (Å²) >= 11 is 3.24. The van der Waals surface area contributed by atoms with Crippen LogP contribution in [-0.2, 0) is 16.1 Å². The molecule has 0 aliphatic carbocycles. The van der Waals surface area contributed by atoms with Gasteiger partial charge >= 0.3 is 5.97 Å². The Bertz CT molecular complexity index is 418. The number of phenols is 1. The highest BCUT2D eigenvalue weighted by molar-refractivity contribution is 9.10. The van der Waals surface area contributed by atoms with Crippen LogP contribution in [0.1, 0.15) is 19.4 Å². The monoisotopic (exact) mass is 301 g/mol. The largest absolute Gasteiger partial charge is 0.506 e. The van der Waals surface area contributed by atoms with Crippen LogP contribution in [0.4, 0.5) is 0 Å². The van der Waals surface area contributed by atoms with Crippen molar-refractivity contribution in [3.8, 4) is 5.75 Å². The molecule has 4 nitrogen and oxygen atoms in total. The first-order valence-corrected chi connectivity index (χ1v) is 5.97. The zero-order valence-corrected chi connectivity index (χ0v) is 11.7. The molecule has 0 atom stereocenters. The molecule has 0 aromatic heterocycles. The third-order valence-corrected chi connectivity index (χ3v) is 3.13. The highest BCUT2D eigenvalue weighted by atomic mass is 79.9. The maximum absolute atomic E-state index is 11.5. The van der Waals surface area contributed by atoms with Crippen molar-refractivity contribution in [3.63, 3.8) is 0 Å². The molecule has 0 heterocycles. The summed E-state index contributed by atoms with van der Waals surface area (Å²) in [5.41, 5.74) is -0.0693. The second-order valence-electron chi connectivity index (χ2n) is 4.22. The van der Waals surface area contributed by atoms with Crippen LogP contribution < -0.4 is 5.32 Å². The molecule has 0 aliphatic heterocycles. The topological polar surface area (TPSA) is 58.6 Å². The molecule has 0 fully saturated rings. The molecule has 0 spiro atoms. The van der Waals surface area contributed by atoms with Gasteiger partial charge in [-0.15, -0.1) is 0 Å². The summed E-state index contributed by atoms with van der Waals surface area (Å²) in [6.45, 7) is 3.84. The lowest BCUT2D eigenvalue weighted by molar-refractivity contribution is -0.147. The average Bonchev–Trinajstić information content (AvgIpc) is 2.30. The van der Waals surface area contributed by atoms with Gasteiger partial charge in [-0.05, 0) is 35.8 Å². The van der Waals surface area contributed by atoms with Gasteiger partial charge in [0.15, 0.2) is 0 Å². The van der Waals surface area contributed by atoms with Crippen molar-refractivity contribution < 1.29 is 14.6 Å². The predicted molar refractivity (Wildman–Crippen MR) is 68.7 cm³/mol. The molecule has 0 saturated carbocycles. The highest BCUT2D eigenvalue weighted by Gasteiger charge is 2.28. The second-order valence-corrected chi connectivity index (χ2v) is 5.07. The molecule has 2 N–H and O–H groups in total. The van der Waals surface area contributed by atoms with Gasteiger partial charge in [-0.25, -0.2) is 0 Å². The number of aromatic hydroxyl groups is 1. The predicted octanol–water partition coefficient (Wildman–Crippen LogP) is 2.20. The van der Waals surface area contributed by atoms with Crippen LogP contribution in [0.3, 0.4) is 0 Å². The molecule has 1 aromatic carbocycles. The number of nitrogens with one attached hydrogen (secondary N) is 1. The Kier molecular flexibility index (Phi) is 4.54. The minimum Gasteiger partial charge on any atom is -0.506 e. The van der Waals surface area contributed by atoms with Crippen molar-refractivity contribution in [1.29, 1.82) is 0 Å². The number of benzene rings is 1. The van der Waals surface area contributed by atoms with E-state index in [2.05, 4.69) is 26.0 Å². The Hall–Kier alpha value is -1.07. The van der Waals surface area contributed by atoms with Crippen molar-refractivity contribution in [3.05, 3.63) is 28.2 Å². The number of ether oxygens (including phenoxy) is 1. The van der Waals surface area contributed by atoms with Gasteiger partial charge < -0.3 is 9.84 Å². The maximum atomic E-state index is 11.5. The first kappa shape index (κ1) is 14.0. The molecule has 0 bridgehead atoms. The lowest BCUT2D eigenvalue weighted by Crippen LogP contribution is -2.46. The Morgan fingerprint density at radius 1 is 1.53 bits per heavy atom. The van der Waals surface area contributed by atoms with Crippen LogP contribution in [0.15, 0.2) is 22.7 Å². The number of para-hydroxylation sites is 1. The van der Waals surface area contributed by atoms with E-state index in [0.29, 0.717) is 11.0 Å². The highest BCUT2D eigenvalue weighted by Crippen LogP contribution is 2.27. The Balaban J connectivity index is 2.74.